The molecule has 0 saturated carbocycles. The first kappa shape index (κ1) is 17.6. The number of amides is 1. The number of hydrogen-bond donors (Lipinski definition) is 1. The van der Waals surface area contributed by atoms with Crippen LogP contribution in [0.5, 0.6) is 5.75 Å². The fourth-order valence-electron chi connectivity index (χ4n) is 1.68. The van der Waals surface area contributed by atoms with Crippen molar-refractivity contribution in [2.75, 3.05) is 18.9 Å². The molecule has 0 aliphatic heterocycles. The predicted molar refractivity (Wildman–Crippen MR) is 87.0 cm³/mol. The minimum atomic E-state index is -0.672. The molecule has 122 valence electrons. The molecule has 7 heteroatoms. The van der Waals surface area contributed by atoms with Gasteiger partial charge in [0.25, 0.3) is 0 Å². The second-order valence-electron chi connectivity index (χ2n) is 4.52. The number of ether oxygens (including phenoxy) is 1. The molecule has 0 atom stereocenters. The van der Waals surface area contributed by atoms with Gasteiger partial charge in [-0.05, 0) is 36.4 Å². The summed E-state index contributed by atoms with van der Waals surface area (Å²) in [4.78, 5) is 11.9. The van der Waals surface area contributed by atoms with Gasteiger partial charge in [-0.25, -0.2) is 8.78 Å². The summed E-state index contributed by atoms with van der Waals surface area (Å²) in [5.41, 5.74) is 0. The van der Waals surface area contributed by atoms with E-state index in [4.69, 9.17) is 16.3 Å². The van der Waals surface area contributed by atoms with Crippen LogP contribution in [0.4, 0.5) is 8.78 Å². The topological polar surface area (TPSA) is 38.3 Å². The van der Waals surface area contributed by atoms with Crippen LogP contribution in [0.25, 0.3) is 0 Å². The summed E-state index contributed by atoms with van der Waals surface area (Å²) in [6.45, 7) is 0.636. The summed E-state index contributed by atoms with van der Waals surface area (Å²) >= 11 is 6.77. The summed E-state index contributed by atoms with van der Waals surface area (Å²) in [5.74, 6) is -0.863. The molecule has 0 bridgehead atoms. The molecule has 0 saturated heterocycles. The lowest BCUT2D eigenvalue weighted by Gasteiger charge is -2.08. The largest absolute Gasteiger partial charge is 0.492 e. The highest BCUT2D eigenvalue weighted by atomic mass is 35.5. The fourth-order valence-corrected chi connectivity index (χ4v) is 2.55. The first-order valence-corrected chi connectivity index (χ1v) is 8.14. The number of rotatable bonds is 7. The Balaban J connectivity index is 1.66. The Labute approximate surface area is 142 Å². The van der Waals surface area contributed by atoms with Crippen molar-refractivity contribution in [3.8, 4) is 5.75 Å². The lowest BCUT2D eigenvalue weighted by atomic mass is 10.3. The molecule has 2 aromatic rings. The SMILES string of the molecule is O=C(CSc1ccc(F)cc1F)NCCOc1ccc(Cl)cc1. The van der Waals surface area contributed by atoms with Gasteiger partial charge in [-0.1, -0.05) is 11.6 Å². The summed E-state index contributed by atoms with van der Waals surface area (Å²) in [7, 11) is 0. The average molecular weight is 358 g/mol. The molecule has 0 aliphatic rings. The average Bonchev–Trinajstić information content (AvgIpc) is 2.52. The normalized spacial score (nSPS) is 10.4. The summed E-state index contributed by atoms with van der Waals surface area (Å²) in [6.07, 6.45) is 0. The zero-order valence-corrected chi connectivity index (χ0v) is 13.6. The Kier molecular flexibility index (Phi) is 6.67. The number of benzene rings is 2. The molecule has 1 N–H and O–H groups in total. The van der Waals surface area contributed by atoms with Crippen molar-refractivity contribution >= 4 is 29.3 Å². The molecule has 0 heterocycles. The van der Waals surface area contributed by atoms with E-state index >= 15 is 0 Å². The zero-order valence-electron chi connectivity index (χ0n) is 12.0. The van der Waals surface area contributed by atoms with Gasteiger partial charge in [0.1, 0.15) is 24.0 Å². The van der Waals surface area contributed by atoms with E-state index in [1.165, 1.54) is 6.07 Å². The van der Waals surface area contributed by atoms with Crippen molar-refractivity contribution in [3.63, 3.8) is 0 Å². The highest BCUT2D eigenvalue weighted by Gasteiger charge is 2.07. The van der Waals surface area contributed by atoms with Gasteiger partial charge in [0, 0.05) is 16.0 Å². The molecule has 0 unspecified atom stereocenters. The third kappa shape index (κ3) is 6.08. The molecule has 0 radical (unpaired) electrons. The Morgan fingerprint density at radius 3 is 2.61 bits per heavy atom. The smallest absolute Gasteiger partial charge is 0.230 e. The van der Waals surface area contributed by atoms with Gasteiger partial charge in [0.2, 0.25) is 5.91 Å². The molecule has 0 fully saturated rings. The molecule has 2 aromatic carbocycles. The predicted octanol–water partition coefficient (Wildman–Crippen LogP) is 3.91. The minimum Gasteiger partial charge on any atom is -0.492 e. The summed E-state index contributed by atoms with van der Waals surface area (Å²) < 4.78 is 31.6. The van der Waals surface area contributed by atoms with Crippen molar-refractivity contribution in [1.29, 1.82) is 0 Å². The van der Waals surface area contributed by atoms with E-state index in [-0.39, 0.29) is 16.6 Å². The van der Waals surface area contributed by atoms with Gasteiger partial charge in [0.15, 0.2) is 0 Å². The van der Waals surface area contributed by atoms with Crippen molar-refractivity contribution in [2.45, 2.75) is 4.90 Å². The van der Waals surface area contributed by atoms with Gasteiger partial charge in [-0.15, -0.1) is 11.8 Å². The maximum Gasteiger partial charge on any atom is 0.230 e. The lowest BCUT2D eigenvalue weighted by molar-refractivity contribution is -0.118. The molecule has 0 aromatic heterocycles. The molecular formula is C16H14ClF2NO2S. The van der Waals surface area contributed by atoms with Crippen molar-refractivity contribution < 1.29 is 18.3 Å². The van der Waals surface area contributed by atoms with E-state index in [1.54, 1.807) is 24.3 Å². The minimum absolute atomic E-state index is 0.0451. The number of carbonyl (C=O) groups excluding carboxylic acids is 1. The van der Waals surface area contributed by atoms with E-state index in [0.29, 0.717) is 23.9 Å². The standard InChI is InChI=1S/C16H14ClF2NO2S/c17-11-1-4-13(5-2-11)22-8-7-20-16(21)10-23-15-6-3-12(18)9-14(15)19/h1-6,9H,7-8,10H2,(H,20,21). The van der Waals surface area contributed by atoms with Crippen LogP contribution in [0, 0.1) is 11.6 Å². The van der Waals surface area contributed by atoms with Crippen molar-refractivity contribution in [1.82, 2.24) is 5.32 Å². The Morgan fingerprint density at radius 2 is 1.91 bits per heavy atom. The maximum atomic E-state index is 13.4. The zero-order chi connectivity index (χ0) is 16.7. The Morgan fingerprint density at radius 1 is 1.17 bits per heavy atom. The monoisotopic (exact) mass is 357 g/mol. The van der Waals surface area contributed by atoms with Gasteiger partial charge >= 0.3 is 0 Å². The molecule has 3 nitrogen and oxygen atoms in total. The van der Waals surface area contributed by atoms with E-state index < -0.39 is 11.6 Å². The summed E-state index contributed by atoms with van der Waals surface area (Å²) in [6, 6.07) is 10.1. The van der Waals surface area contributed by atoms with Gasteiger partial charge in [0.05, 0.1) is 12.3 Å². The van der Waals surface area contributed by atoms with Gasteiger partial charge in [-0.2, -0.15) is 0 Å². The van der Waals surface area contributed by atoms with E-state index in [2.05, 4.69) is 5.32 Å². The fraction of sp³-hybridized carbons (Fsp3) is 0.188. The number of carbonyl (C=O) groups is 1. The van der Waals surface area contributed by atoms with Crippen LogP contribution < -0.4 is 10.1 Å². The molecule has 0 aliphatic carbocycles. The van der Waals surface area contributed by atoms with Crippen LogP contribution in [-0.4, -0.2) is 24.8 Å². The Hall–Kier alpha value is -1.79. The number of nitrogens with one attached hydrogen (secondary N) is 1. The lowest BCUT2D eigenvalue weighted by Crippen LogP contribution is -2.29. The molecule has 23 heavy (non-hydrogen) atoms. The quantitative estimate of drug-likeness (QED) is 0.603. The molecule has 0 spiro atoms. The first-order chi connectivity index (χ1) is 11.0. The van der Waals surface area contributed by atoms with Gasteiger partial charge in [-0.3, -0.25) is 4.79 Å². The van der Waals surface area contributed by atoms with Crippen LogP contribution in [0.2, 0.25) is 5.02 Å². The van der Waals surface area contributed by atoms with Crippen LogP contribution in [0.1, 0.15) is 0 Å². The van der Waals surface area contributed by atoms with Crippen LogP contribution >= 0.6 is 23.4 Å². The van der Waals surface area contributed by atoms with E-state index in [1.807, 2.05) is 0 Å². The van der Waals surface area contributed by atoms with E-state index in [9.17, 15) is 13.6 Å². The highest BCUT2D eigenvalue weighted by Crippen LogP contribution is 2.22. The molecule has 1 amide bonds. The summed E-state index contributed by atoms with van der Waals surface area (Å²) in [5, 5.41) is 3.28. The maximum absolute atomic E-state index is 13.4. The first-order valence-electron chi connectivity index (χ1n) is 6.77. The molecule has 2 rings (SSSR count). The van der Waals surface area contributed by atoms with Crippen molar-refractivity contribution in [2.24, 2.45) is 0 Å². The second-order valence-corrected chi connectivity index (χ2v) is 5.97. The number of halogens is 3. The third-order valence-corrected chi connectivity index (χ3v) is 4.06. The van der Waals surface area contributed by atoms with Crippen LogP contribution in [0.15, 0.2) is 47.4 Å². The number of thioether (sulfide) groups is 1. The van der Waals surface area contributed by atoms with Crippen LogP contribution in [0.3, 0.4) is 0 Å². The molecular weight excluding hydrogens is 344 g/mol. The van der Waals surface area contributed by atoms with Crippen LogP contribution in [-0.2, 0) is 4.79 Å². The third-order valence-electron chi connectivity index (χ3n) is 2.76. The highest BCUT2D eigenvalue weighted by molar-refractivity contribution is 8.00. The van der Waals surface area contributed by atoms with Crippen molar-refractivity contribution in [3.05, 3.63) is 59.1 Å². The number of hydrogen-bond acceptors (Lipinski definition) is 3. The second kappa shape index (κ2) is 8.74. The Bertz CT molecular complexity index is 668. The van der Waals surface area contributed by atoms with E-state index in [0.717, 1.165) is 23.9 Å². The van der Waals surface area contributed by atoms with Gasteiger partial charge < -0.3 is 10.1 Å².